The summed E-state index contributed by atoms with van der Waals surface area (Å²) in [5.74, 6) is 0. The average molecular weight is 478 g/mol. The van der Waals surface area contributed by atoms with Crippen molar-refractivity contribution in [3.05, 3.63) is 70.7 Å². The van der Waals surface area contributed by atoms with E-state index in [-0.39, 0.29) is 0 Å². The Morgan fingerprint density at radius 3 is 2.25 bits per heavy atom. The van der Waals surface area contributed by atoms with E-state index < -0.39 is 0 Å². The summed E-state index contributed by atoms with van der Waals surface area (Å²) in [4.78, 5) is 2.45. The molecule has 2 nitrogen and oxygen atoms in total. The summed E-state index contributed by atoms with van der Waals surface area (Å²) in [5.41, 5.74) is 2.66. The molecule has 0 N–H and O–H groups in total. The van der Waals surface area contributed by atoms with Crippen LogP contribution in [0.3, 0.4) is 0 Å². The SMILES string of the molecule is CC.Clc1ccc(CCN(CCOPI)Cc2ccccc2)cc1. The lowest BCUT2D eigenvalue weighted by atomic mass is 10.1. The van der Waals surface area contributed by atoms with Crippen LogP contribution in [0.5, 0.6) is 0 Å². The molecule has 0 aliphatic carbocycles. The van der Waals surface area contributed by atoms with E-state index in [1.165, 1.54) is 11.1 Å². The van der Waals surface area contributed by atoms with E-state index in [0.717, 1.165) is 37.7 Å². The standard InChI is InChI=1S/C17H20ClINOP.C2H6/c18-17-8-6-15(7-9-17)10-11-20(12-13-21-22-19)14-16-4-2-1-3-5-16;1-2/h1-9,22H,10-14H2;1-2H3. The number of rotatable bonds is 9. The lowest BCUT2D eigenvalue weighted by molar-refractivity contribution is 0.219. The topological polar surface area (TPSA) is 12.5 Å². The third kappa shape index (κ3) is 9.33. The fourth-order valence-corrected chi connectivity index (χ4v) is 3.22. The summed E-state index contributed by atoms with van der Waals surface area (Å²) in [6.45, 7) is 8.25. The van der Waals surface area contributed by atoms with E-state index in [0.29, 0.717) is 6.45 Å². The first-order chi connectivity index (χ1) is 11.8. The predicted octanol–water partition coefficient (Wildman–Crippen LogP) is 6.37. The zero-order valence-corrected chi connectivity index (χ0v) is 18.3. The Morgan fingerprint density at radius 2 is 1.62 bits per heavy atom. The van der Waals surface area contributed by atoms with Gasteiger partial charge >= 0.3 is 0 Å². The molecular weight excluding hydrogens is 452 g/mol. The molecule has 0 aliphatic rings. The summed E-state index contributed by atoms with van der Waals surface area (Å²) < 4.78 is 5.52. The number of hydrogen-bond acceptors (Lipinski definition) is 2. The van der Waals surface area contributed by atoms with Crippen molar-refractivity contribution in [1.29, 1.82) is 0 Å². The molecule has 0 saturated carbocycles. The molecule has 24 heavy (non-hydrogen) atoms. The van der Waals surface area contributed by atoms with Gasteiger partial charge in [0.1, 0.15) is 0 Å². The monoisotopic (exact) mass is 477 g/mol. The predicted molar refractivity (Wildman–Crippen MR) is 117 cm³/mol. The quantitative estimate of drug-likeness (QED) is 0.236. The minimum Gasteiger partial charge on any atom is -0.350 e. The Bertz CT molecular complexity index is 539. The summed E-state index contributed by atoms with van der Waals surface area (Å²) in [6.07, 6.45) is 1.02. The van der Waals surface area contributed by atoms with Crippen LogP contribution in [0.4, 0.5) is 0 Å². The van der Waals surface area contributed by atoms with Gasteiger partial charge < -0.3 is 4.52 Å². The van der Waals surface area contributed by atoms with Gasteiger partial charge in [-0.05, 0) is 51.7 Å². The largest absolute Gasteiger partial charge is 0.350 e. The van der Waals surface area contributed by atoms with Gasteiger partial charge in [-0.15, -0.1) is 0 Å². The molecule has 0 aromatic heterocycles. The van der Waals surface area contributed by atoms with Crippen LogP contribution in [-0.2, 0) is 17.5 Å². The van der Waals surface area contributed by atoms with Crippen LogP contribution in [0, 0.1) is 0 Å². The Morgan fingerprint density at radius 1 is 0.958 bits per heavy atom. The first-order valence-electron chi connectivity index (χ1n) is 8.26. The highest BCUT2D eigenvalue weighted by Crippen LogP contribution is 2.21. The second-order valence-corrected chi connectivity index (χ2v) is 7.26. The van der Waals surface area contributed by atoms with E-state index in [1.807, 2.05) is 26.0 Å². The van der Waals surface area contributed by atoms with Crippen molar-refractivity contribution in [2.75, 3.05) is 19.7 Å². The second-order valence-electron chi connectivity index (χ2n) is 5.06. The lowest BCUT2D eigenvalue weighted by Gasteiger charge is -2.22. The highest BCUT2D eigenvalue weighted by atomic mass is 127. The highest BCUT2D eigenvalue weighted by Gasteiger charge is 2.06. The molecular formula is C19H26ClINOP. The van der Waals surface area contributed by atoms with E-state index in [2.05, 4.69) is 69.4 Å². The van der Waals surface area contributed by atoms with Gasteiger partial charge in [-0.25, -0.2) is 0 Å². The fourth-order valence-electron chi connectivity index (χ4n) is 2.26. The molecule has 0 bridgehead atoms. The molecule has 0 amide bonds. The molecule has 1 unspecified atom stereocenters. The van der Waals surface area contributed by atoms with Crippen molar-refractivity contribution < 1.29 is 4.52 Å². The normalized spacial score (nSPS) is 10.9. The molecule has 2 aromatic rings. The maximum atomic E-state index is 5.94. The van der Waals surface area contributed by atoms with Crippen LogP contribution in [0.1, 0.15) is 25.0 Å². The Kier molecular flexibility index (Phi) is 12.8. The Hall–Kier alpha value is -0.190. The van der Waals surface area contributed by atoms with E-state index in [9.17, 15) is 0 Å². The summed E-state index contributed by atoms with van der Waals surface area (Å²) >= 11 is 8.21. The molecule has 2 aromatic carbocycles. The minimum atomic E-state index is 0.527. The van der Waals surface area contributed by atoms with Crippen LogP contribution in [0.2, 0.25) is 5.02 Å². The van der Waals surface area contributed by atoms with Crippen molar-refractivity contribution in [3.8, 4) is 0 Å². The summed E-state index contributed by atoms with van der Waals surface area (Å²) in [5, 5.41) is 0.793. The number of hydrogen-bond donors (Lipinski definition) is 0. The van der Waals surface area contributed by atoms with Crippen molar-refractivity contribution in [3.63, 3.8) is 0 Å². The molecule has 0 heterocycles. The molecule has 0 radical (unpaired) electrons. The lowest BCUT2D eigenvalue weighted by Crippen LogP contribution is -2.28. The van der Waals surface area contributed by atoms with Gasteiger partial charge in [0.15, 0.2) is 0 Å². The highest BCUT2D eigenvalue weighted by molar-refractivity contribution is 14.2. The van der Waals surface area contributed by atoms with Crippen molar-refractivity contribution >= 4 is 40.1 Å². The van der Waals surface area contributed by atoms with Crippen molar-refractivity contribution in [1.82, 2.24) is 4.90 Å². The van der Waals surface area contributed by atoms with Crippen LogP contribution >= 0.6 is 40.1 Å². The summed E-state index contributed by atoms with van der Waals surface area (Å²) in [6, 6.07) is 18.7. The average Bonchev–Trinajstić information content (AvgIpc) is 2.63. The molecule has 0 saturated heterocycles. The molecule has 0 spiro atoms. The third-order valence-corrected chi connectivity index (χ3v) is 4.94. The Labute approximate surface area is 166 Å². The molecule has 2 rings (SSSR count). The third-order valence-electron chi connectivity index (χ3n) is 3.44. The van der Waals surface area contributed by atoms with Crippen LogP contribution in [0.25, 0.3) is 0 Å². The molecule has 1 atom stereocenters. The van der Waals surface area contributed by atoms with E-state index >= 15 is 0 Å². The van der Waals surface area contributed by atoms with Gasteiger partial charge in [-0.3, -0.25) is 4.90 Å². The first-order valence-corrected chi connectivity index (χ1v) is 12.7. The van der Waals surface area contributed by atoms with Crippen molar-refractivity contribution in [2.24, 2.45) is 0 Å². The maximum absolute atomic E-state index is 5.94. The maximum Gasteiger partial charge on any atom is 0.0794 e. The summed E-state index contributed by atoms with van der Waals surface area (Å²) in [7, 11) is 0. The van der Waals surface area contributed by atoms with Gasteiger partial charge in [0, 0.05) is 24.7 Å². The molecule has 0 fully saturated rings. The van der Waals surface area contributed by atoms with Crippen LogP contribution < -0.4 is 0 Å². The molecule has 5 heteroatoms. The van der Waals surface area contributed by atoms with E-state index in [1.54, 1.807) is 0 Å². The number of nitrogens with zero attached hydrogens (tertiary/aromatic N) is 1. The smallest absolute Gasteiger partial charge is 0.0794 e. The first kappa shape index (κ1) is 21.9. The van der Waals surface area contributed by atoms with Gasteiger partial charge in [0.25, 0.3) is 0 Å². The fraction of sp³-hybridized carbons (Fsp3) is 0.368. The minimum absolute atomic E-state index is 0.527. The van der Waals surface area contributed by atoms with Gasteiger partial charge in [-0.1, -0.05) is 67.9 Å². The van der Waals surface area contributed by atoms with Gasteiger partial charge in [0.2, 0.25) is 0 Å². The van der Waals surface area contributed by atoms with E-state index in [4.69, 9.17) is 16.1 Å². The van der Waals surface area contributed by atoms with Gasteiger partial charge in [-0.2, -0.15) is 0 Å². The zero-order valence-electron chi connectivity index (χ0n) is 14.3. The molecule has 132 valence electrons. The van der Waals surface area contributed by atoms with Gasteiger partial charge in [0.05, 0.1) is 13.1 Å². The van der Waals surface area contributed by atoms with Crippen LogP contribution in [-0.4, -0.2) is 24.6 Å². The second kappa shape index (κ2) is 14.0. The number of halogens is 2. The van der Waals surface area contributed by atoms with Crippen LogP contribution in [0.15, 0.2) is 54.6 Å². The number of benzene rings is 2. The zero-order chi connectivity index (χ0) is 17.6. The Balaban J connectivity index is 0.00000139. The molecule has 0 aliphatic heterocycles. The van der Waals surface area contributed by atoms with Crippen molar-refractivity contribution in [2.45, 2.75) is 26.8 Å².